The van der Waals surface area contributed by atoms with Crippen molar-refractivity contribution in [1.29, 1.82) is 0 Å². The van der Waals surface area contributed by atoms with Crippen molar-refractivity contribution in [3.8, 4) is 62.1 Å². The summed E-state index contributed by atoms with van der Waals surface area (Å²) in [5.74, 6) is 1.83. The van der Waals surface area contributed by atoms with Gasteiger partial charge in [-0.2, -0.15) is 0 Å². The molecule has 0 aliphatic carbocycles. The molecule has 7 aromatic carbocycles. The third-order valence-corrected chi connectivity index (χ3v) is 9.62. The lowest BCUT2D eigenvalue weighted by Gasteiger charge is -2.14. The van der Waals surface area contributed by atoms with Crippen LogP contribution >= 0.6 is 0 Å². The Morgan fingerprint density at radius 2 is 0.904 bits per heavy atom. The minimum atomic E-state index is 0.596. The number of rotatable bonds is 7. The standard InChI is InChI=1S/C47H32N4O/c1-31-26-38(47-49-45(34-18-10-4-11-19-34)48-46(50-47)35-20-12-5-13-21-35)29-41-40-28-37(33-16-8-3-9-17-33)23-25-43(40)51(44(31)41)42-24-22-36(27-39(42)30-52)32-14-6-2-7-15-32/h2-30H,1H3. The summed E-state index contributed by atoms with van der Waals surface area (Å²) in [6.07, 6.45) is 0.961. The quantitative estimate of drug-likeness (QED) is 0.159. The van der Waals surface area contributed by atoms with Crippen molar-refractivity contribution < 1.29 is 4.79 Å². The van der Waals surface area contributed by atoms with Crippen LogP contribution in [0, 0.1) is 6.92 Å². The van der Waals surface area contributed by atoms with Crippen LogP contribution < -0.4 is 0 Å². The number of fused-ring (bicyclic) bond motifs is 3. The van der Waals surface area contributed by atoms with Crippen molar-refractivity contribution in [2.75, 3.05) is 0 Å². The lowest BCUT2D eigenvalue weighted by atomic mass is 10.0. The fraction of sp³-hybridized carbons (Fsp3) is 0.0213. The largest absolute Gasteiger partial charge is 0.308 e. The van der Waals surface area contributed by atoms with Gasteiger partial charge in [0.25, 0.3) is 0 Å². The number of hydrogen-bond donors (Lipinski definition) is 0. The van der Waals surface area contributed by atoms with E-state index in [1.165, 1.54) is 0 Å². The van der Waals surface area contributed by atoms with E-state index in [1.54, 1.807) is 0 Å². The van der Waals surface area contributed by atoms with Gasteiger partial charge in [0.05, 0.1) is 16.7 Å². The molecule has 0 aliphatic heterocycles. The lowest BCUT2D eigenvalue weighted by Crippen LogP contribution is -2.02. The van der Waals surface area contributed by atoms with Gasteiger partial charge in [-0.15, -0.1) is 0 Å². The fourth-order valence-corrected chi connectivity index (χ4v) is 7.14. The predicted molar refractivity (Wildman–Crippen MR) is 211 cm³/mol. The van der Waals surface area contributed by atoms with Crippen LogP contribution in [0.1, 0.15) is 15.9 Å². The summed E-state index contributed by atoms with van der Waals surface area (Å²) in [5.41, 5.74) is 11.6. The van der Waals surface area contributed by atoms with Gasteiger partial charge in [-0.25, -0.2) is 15.0 Å². The van der Waals surface area contributed by atoms with Crippen molar-refractivity contribution in [3.63, 3.8) is 0 Å². The molecule has 0 saturated heterocycles. The van der Waals surface area contributed by atoms with Crippen LogP contribution in [0.5, 0.6) is 0 Å². The van der Waals surface area contributed by atoms with Gasteiger partial charge < -0.3 is 4.57 Å². The summed E-state index contributed by atoms with van der Waals surface area (Å²) in [5, 5.41) is 2.13. The Morgan fingerprint density at radius 1 is 0.442 bits per heavy atom. The molecule has 0 spiro atoms. The van der Waals surface area contributed by atoms with E-state index >= 15 is 0 Å². The highest BCUT2D eigenvalue weighted by molar-refractivity contribution is 6.13. The molecule has 5 heteroatoms. The van der Waals surface area contributed by atoms with Gasteiger partial charge in [0, 0.05) is 33.0 Å². The summed E-state index contributed by atoms with van der Waals surface area (Å²) in [6.45, 7) is 2.12. The van der Waals surface area contributed by atoms with Crippen molar-refractivity contribution in [2.45, 2.75) is 6.92 Å². The maximum Gasteiger partial charge on any atom is 0.164 e. The van der Waals surface area contributed by atoms with E-state index in [0.29, 0.717) is 23.0 Å². The zero-order chi connectivity index (χ0) is 35.0. The van der Waals surface area contributed by atoms with Gasteiger partial charge in [0.1, 0.15) is 0 Å². The highest BCUT2D eigenvalue weighted by Gasteiger charge is 2.21. The average Bonchev–Trinajstić information content (AvgIpc) is 3.55. The molecule has 0 unspecified atom stereocenters. The molecule has 0 aliphatic rings. The number of carbonyl (C=O) groups excluding carboxylic acids is 1. The maximum absolute atomic E-state index is 12.8. The predicted octanol–water partition coefficient (Wildman–Crippen LogP) is 11.4. The molecule has 0 atom stereocenters. The van der Waals surface area contributed by atoms with Crippen LogP contribution in [0.2, 0.25) is 0 Å². The Hall–Kier alpha value is -6.98. The molecule has 2 aromatic heterocycles. The van der Waals surface area contributed by atoms with E-state index in [0.717, 1.165) is 78.3 Å². The molecule has 9 rings (SSSR count). The Bertz CT molecular complexity index is 2680. The van der Waals surface area contributed by atoms with Crippen molar-refractivity contribution >= 4 is 28.1 Å². The van der Waals surface area contributed by atoms with Gasteiger partial charge in [-0.05, 0) is 71.1 Å². The number of aromatic nitrogens is 4. The molecular formula is C47H32N4O. The minimum Gasteiger partial charge on any atom is -0.308 e. The first-order valence-electron chi connectivity index (χ1n) is 17.3. The third kappa shape index (κ3) is 5.55. The average molecular weight is 669 g/mol. The molecule has 2 heterocycles. The van der Waals surface area contributed by atoms with E-state index in [4.69, 9.17) is 15.0 Å². The molecule has 0 saturated carbocycles. The van der Waals surface area contributed by atoms with Gasteiger partial charge >= 0.3 is 0 Å². The topological polar surface area (TPSA) is 60.7 Å². The maximum atomic E-state index is 12.8. The van der Waals surface area contributed by atoms with E-state index in [2.05, 4.69) is 90.4 Å². The summed E-state index contributed by atoms with van der Waals surface area (Å²) in [4.78, 5) is 27.8. The molecule has 246 valence electrons. The van der Waals surface area contributed by atoms with Crippen LogP contribution in [0.15, 0.2) is 170 Å². The molecule has 9 aromatic rings. The first-order valence-corrected chi connectivity index (χ1v) is 17.3. The number of aldehydes is 1. The third-order valence-electron chi connectivity index (χ3n) is 9.62. The molecule has 0 fully saturated rings. The Labute approximate surface area is 301 Å². The first kappa shape index (κ1) is 31.0. The molecule has 52 heavy (non-hydrogen) atoms. The highest BCUT2D eigenvalue weighted by Crippen LogP contribution is 2.40. The monoisotopic (exact) mass is 668 g/mol. The van der Waals surface area contributed by atoms with E-state index < -0.39 is 0 Å². The Morgan fingerprint density at radius 3 is 1.44 bits per heavy atom. The highest BCUT2D eigenvalue weighted by atomic mass is 16.1. The van der Waals surface area contributed by atoms with Gasteiger partial charge in [-0.1, -0.05) is 133 Å². The number of aryl methyl sites for hydroxylation is 1. The fourth-order valence-electron chi connectivity index (χ4n) is 7.14. The molecule has 0 N–H and O–H groups in total. The smallest absolute Gasteiger partial charge is 0.164 e. The molecular weight excluding hydrogens is 637 g/mol. The summed E-state index contributed by atoms with van der Waals surface area (Å²) < 4.78 is 2.23. The van der Waals surface area contributed by atoms with Gasteiger partial charge in [0.15, 0.2) is 23.8 Å². The second-order valence-corrected chi connectivity index (χ2v) is 12.9. The van der Waals surface area contributed by atoms with E-state index in [1.807, 2.05) is 91.0 Å². The van der Waals surface area contributed by atoms with Crippen LogP contribution in [0.3, 0.4) is 0 Å². The molecule has 0 radical (unpaired) electrons. The molecule has 5 nitrogen and oxygen atoms in total. The Kier molecular flexibility index (Phi) is 7.79. The number of carbonyl (C=O) groups is 1. The number of hydrogen-bond acceptors (Lipinski definition) is 4. The molecule has 0 amide bonds. The number of benzene rings is 7. The van der Waals surface area contributed by atoms with Crippen molar-refractivity contribution in [1.82, 2.24) is 19.5 Å². The SMILES string of the molecule is Cc1cc(-c2nc(-c3ccccc3)nc(-c3ccccc3)n2)cc2c3cc(-c4ccccc4)ccc3n(-c3ccc(-c4ccccc4)cc3C=O)c12. The lowest BCUT2D eigenvalue weighted by molar-refractivity contribution is 0.112. The van der Waals surface area contributed by atoms with Crippen molar-refractivity contribution in [3.05, 3.63) is 181 Å². The first-order chi connectivity index (χ1) is 25.6. The summed E-state index contributed by atoms with van der Waals surface area (Å²) in [7, 11) is 0. The Balaban J connectivity index is 1.30. The van der Waals surface area contributed by atoms with E-state index in [9.17, 15) is 4.79 Å². The van der Waals surface area contributed by atoms with Crippen molar-refractivity contribution in [2.24, 2.45) is 0 Å². The summed E-state index contributed by atoms with van der Waals surface area (Å²) >= 11 is 0. The van der Waals surface area contributed by atoms with Gasteiger partial charge in [-0.3, -0.25) is 4.79 Å². The van der Waals surface area contributed by atoms with Gasteiger partial charge in [0.2, 0.25) is 0 Å². The minimum absolute atomic E-state index is 0.596. The molecule has 0 bridgehead atoms. The van der Waals surface area contributed by atoms with Crippen LogP contribution in [-0.4, -0.2) is 25.8 Å². The second-order valence-electron chi connectivity index (χ2n) is 12.9. The summed E-state index contributed by atoms with van der Waals surface area (Å²) in [6, 6.07) is 57.7. The zero-order valence-electron chi connectivity index (χ0n) is 28.4. The number of nitrogens with zero attached hydrogens (tertiary/aromatic N) is 4. The second kappa shape index (κ2) is 13.0. The van der Waals surface area contributed by atoms with Crippen LogP contribution in [0.25, 0.3) is 83.9 Å². The van der Waals surface area contributed by atoms with Crippen LogP contribution in [-0.2, 0) is 0 Å². The van der Waals surface area contributed by atoms with Crippen LogP contribution in [0.4, 0.5) is 0 Å². The van der Waals surface area contributed by atoms with E-state index in [-0.39, 0.29) is 0 Å². The normalized spacial score (nSPS) is 11.2. The zero-order valence-corrected chi connectivity index (χ0v) is 28.4.